The summed E-state index contributed by atoms with van der Waals surface area (Å²) in [6, 6.07) is 14.6. The molecule has 2 aromatic carbocycles. The van der Waals surface area contributed by atoms with E-state index in [-0.39, 0.29) is 11.7 Å². The van der Waals surface area contributed by atoms with Gasteiger partial charge in [0, 0.05) is 17.9 Å². The first-order valence-electron chi connectivity index (χ1n) is 8.70. The lowest BCUT2D eigenvalue weighted by Gasteiger charge is -2.05. The molecule has 3 aromatic rings. The molecule has 0 aliphatic rings. The Morgan fingerprint density at radius 2 is 1.92 bits per heavy atom. The van der Waals surface area contributed by atoms with Gasteiger partial charge in [-0.2, -0.15) is 0 Å². The fourth-order valence-electron chi connectivity index (χ4n) is 2.54. The molecular formula is C20H21FN2OS2. The molecule has 1 heterocycles. The molecule has 26 heavy (non-hydrogen) atoms. The number of amides is 1. The van der Waals surface area contributed by atoms with Crippen molar-refractivity contribution in [1.29, 1.82) is 0 Å². The van der Waals surface area contributed by atoms with E-state index in [1.54, 1.807) is 35.2 Å². The lowest BCUT2D eigenvalue weighted by Crippen LogP contribution is -2.24. The van der Waals surface area contributed by atoms with Crippen LogP contribution >= 0.6 is 23.1 Å². The maximum atomic E-state index is 12.8. The third kappa shape index (κ3) is 5.81. The minimum absolute atomic E-state index is 0.0953. The summed E-state index contributed by atoms with van der Waals surface area (Å²) in [5, 5.41) is 4.05. The Kier molecular flexibility index (Phi) is 7.03. The summed E-state index contributed by atoms with van der Waals surface area (Å²) in [6.07, 6.45) is 3.08. The average Bonchev–Trinajstić information content (AvgIpc) is 3.06. The molecule has 3 rings (SSSR count). The molecule has 0 bridgehead atoms. The van der Waals surface area contributed by atoms with Crippen LogP contribution in [0, 0.1) is 5.82 Å². The second kappa shape index (κ2) is 9.69. The Morgan fingerprint density at radius 1 is 1.12 bits per heavy atom. The molecular weight excluding hydrogens is 367 g/mol. The van der Waals surface area contributed by atoms with Gasteiger partial charge in [0.15, 0.2) is 0 Å². The van der Waals surface area contributed by atoms with Gasteiger partial charge in [-0.1, -0.05) is 12.1 Å². The summed E-state index contributed by atoms with van der Waals surface area (Å²) in [6.45, 7) is 0.675. The van der Waals surface area contributed by atoms with Crippen molar-refractivity contribution in [2.75, 3.05) is 12.3 Å². The Morgan fingerprint density at radius 3 is 2.73 bits per heavy atom. The van der Waals surface area contributed by atoms with Gasteiger partial charge < -0.3 is 5.32 Å². The Labute approximate surface area is 161 Å². The maximum Gasteiger partial charge on any atom is 0.220 e. The molecule has 1 N–H and O–H groups in total. The predicted octanol–water partition coefficient (Wildman–Crippen LogP) is 5.06. The van der Waals surface area contributed by atoms with E-state index in [2.05, 4.69) is 16.4 Å². The Bertz CT molecular complexity index is 815. The number of carbonyl (C=O) groups is 1. The molecule has 0 fully saturated rings. The van der Waals surface area contributed by atoms with Gasteiger partial charge in [-0.25, -0.2) is 9.37 Å². The summed E-state index contributed by atoms with van der Waals surface area (Å²) in [4.78, 5) is 17.5. The van der Waals surface area contributed by atoms with Crippen LogP contribution in [-0.2, 0) is 11.2 Å². The molecule has 1 aromatic heterocycles. The number of thiazole rings is 1. The number of carbonyl (C=O) groups excluding carboxylic acids is 1. The van der Waals surface area contributed by atoms with Crippen LogP contribution in [0.3, 0.4) is 0 Å². The van der Waals surface area contributed by atoms with E-state index in [9.17, 15) is 9.18 Å². The smallest absolute Gasteiger partial charge is 0.220 e. The lowest BCUT2D eigenvalue weighted by atomic mass is 10.2. The van der Waals surface area contributed by atoms with Gasteiger partial charge in [0.05, 0.1) is 15.2 Å². The van der Waals surface area contributed by atoms with E-state index in [0.717, 1.165) is 40.4 Å². The summed E-state index contributed by atoms with van der Waals surface area (Å²) >= 11 is 3.38. The minimum Gasteiger partial charge on any atom is -0.356 e. The fraction of sp³-hybridized carbons (Fsp3) is 0.300. The maximum absolute atomic E-state index is 12.8. The van der Waals surface area contributed by atoms with Crippen molar-refractivity contribution in [3.05, 3.63) is 59.4 Å². The highest BCUT2D eigenvalue weighted by Gasteiger charge is 2.05. The van der Waals surface area contributed by atoms with Crippen LogP contribution in [0.1, 0.15) is 24.3 Å². The molecule has 6 heteroatoms. The van der Waals surface area contributed by atoms with Gasteiger partial charge in [0.25, 0.3) is 0 Å². The third-order valence-corrected chi connectivity index (χ3v) is 6.05. The standard InChI is InChI=1S/C20H21FN2OS2/c21-15-9-11-16(12-10-15)25-14-4-13-22-19(24)7-3-8-20-23-17-5-1-2-6-18(17)26-20/h1-2,5-6,9-12H,3-4,7-8,13-14H2,(H,22,24). The second-order valence-electron chi connectivity index (χ2n) is 5.93. The third-order valence-electron chi connectivity index (χ3n) is 3.86. The SMILES string of the molecule is O=C(CCCc1nc2ccccc2s1)NCCCSc1ccc(F)cc1. The number of nitrogens with zero attached hydrogens (tertiary/aromatic N) is 1. The predicted molar refractivity (Wildman–Crippen MR) is 107 cm³/mol. The zero-order valence-corrected chi connectivity index (χ0v) is 16.0. The van der Waals surface area contributed by atoms with Crippen molar-refractivity contribution in [3.8, 4) is 0 Å². The van der Waals surface area contributed by atoms with E-state index in [0.29, 0.717) is 13.0 Å². The molecule has 3 nitrogen and oxygen atoms in total. The summed E-state index contributed by atoms with van der Waals surface area (Å²) in [7, 11) is 0. The highest BCUT2D eigenvalue weighted by atomic mass is 32.2. The van der Waals surface area contributed by atoms with Gasteiger partial charge in [-0.05, 0) is 61.4 Å². The highest BCUT2D eigenvalue weighted by molar-refractivity contribution is 7.99. The molecule has 0 unspecified atom stereocenters. The van der Waals surface area contributed by atoms with E-state index in [1.807, 2.05) is 18.2 Å². The molecule has 0 spiro atoms. The van der Waals surface area contributed by atoms with Crippen LogP contribution in [0.25, 0.3) is 10.2 Å². The van der Waals surface area contributed by atoms with Crippen molar-refractivity contribution in [1.82, 2.24) is 10.3 Å². The van der Waals surface area contributed by atoms with Crippen molar-refractivity contribution < 1.29 is 9.18 Å². The molecule has 0 aliphatic carbocycles. The number of fused-ring (bicyclic) bond motifs is 1. The zero-order valence-electron chi connectivity index (χ0n) is 14.4. The molecule has 0 atom stereocenters. The van der Waals surface area contributed by atoms with Gasteiger partial charge in [-0.15, -0.1) is 23.1 Å². The van der Waals surface area contributed by atoms with E-state index < -0.39 is 0 Å². The summed E-state index contributed by atoms with van der Waals surface area (Å²) in [5.41, 5.74) is 1.04. The van der Waals surface area contributed by atoms with Crippen molar-refractivity contribution in [2.45, 2.75) is 30.6 Å². The molecule has 0 radical (unpaired) electrons. The van der Waals surface area contributed by atoms with Gasteiger partial charge >= 0.3 is 0 Å². The van der Waals surface area contributed by atoms with E-state index in [1.165, 1.54) is 16.8 Å². The topological polar surface area (TPSA) is 42.0 Å². The number of benzene rings is 2. The first kappa shape index (κ1) is 18.9. The van der Waals surface area contributed by atoms with Crippen LogP contribution in [0.4, 0.5) is 4.39 Å². The Balaban J connectivity index is 1.27. The first-order valence-corrected chi connectivity index (χ1v) is 10.5. The fourth-order valence-corrected chi connectivity index (χ4v) is 4.40. The minimum atomic E-state index is -0.215. The summed E-state index contributed by atoms with van der Waals surface area (Å²) in [5.74, 6) is 0.780. The van der Waals surface area contributed by atoms with E-state index in [4.69, 9.17) is 0 Å². The Hall–Kier alpha value is -1.92. The van der Waals surface area contributed by atoms with Gasteiger partial charge in [-0.3, -0.25) is 4.79 Å². The quantitative estimate of drug-likeness (QED) is 0.412. The van der Waals surface area contributed by atoms with Crippen LogP contribution in [-0.4, -0.2) is 23.2 Å². The molecule has 0 aliphatic heterocycles. The van der Waals surface area contributed by atoms with Crippen LogP contribution in [0.2, 0.25) is 0 Å². The largest absolute Gasteiger partial charge is 0.356 e. The van der Waals surface area contributed by atoms with Crippen LogP contribution < -0.4 is 5.32 Å². The van der Waals surface area contributed by atoms with Crippen molar-refractivity contribution in [2.24, 2.45) is 0 Å². The van der Waals surface area contributed by atoms with Crippen molar-refractivity contribution in [3.63, 3.8) is 0 Å². The monoisotopic (exact) mass is 388 g/mol. The number of thioether (sulfide) groups is 1. The number of para-hydroxylation sites is 1. The van der Waals surface area contributed by atoms with Crippen LogP contribution in [0.15, 0.2) is 53.4 Å². The normalized spacial score (nSPS) is 11.0. The van der Waals surface area contributed by atoms with Crippen LogP contribution in [0.5, 0.6) is 0 Å². The number of halogens is 1. The number of nitrogens with one attached hydrogen (secondary N) is 1. The van der Waals surface area contributed by atoms with Gasteiger partial charge in [0.2, 0.25) is 5.91 Å². The van der Waals surface area contributed by atoms with Crippen molar-refractivity contribution >= 4 is 39.2 Å². The van der Waals surface area contributed by atoms with E-state index >= 15 is 0 Å². The summed E-state index contributed by atoms with van der Waals surface area (Å²) < 4.78 is 14.0. The number of aryl methyl sites for hydroxylation is 1. The lowest BCUT2D eigenvalue weighted by molar-refractivity contribution is -0.121. The zero-order chi connectivity index (χ0) is 18.2. The molecule has 1 amide bonds. The average molecular weight is 389 g/mol. The molecule has 136 valence electrons. The number of aromatic nitrogens is 1. The number of hydrogen-bond acceptors (Lipinski definition) is 4. The molecule has 0 saturated carbocycles. The first-order chi connectivity index (χ1) is 12.7. The highest BCUT2D eigenvalue weighted by Crippen LogP contribution is 2.22. The molecule has 0 saturated heterocycles. The van der Waals surface area contributed by atoms with Gasteiger partial charge in [0.1, 0.15) is 5.82 Å². The number of rotatable bonds is 9. The second-order valence-corrected chi connectivity index (χ2v) is 8.22. The number of hydrogen-bond donors (Lipinski definition) is 1.